The van der Waals surface area contributed by atoms with Gasteiger partial charge in [0.2, 0.25) is 0 Å². The number of halogens is 1. The molecule has 0 spiro atoms. The number of benzene rings is 1. The van der Waals surface area contributed by atoms with Crippen molar-refractivity contribution >= 4 is 15.9 Å². The average Bonchev–Trinajstić information content (AvgIpc) is 2.84. The van der Waals surface area contributed by atoms with Crippen LogP contribution in [0.25, 0.3) is 0 Å². The molecular formula is C17H26BrNO. The fourth-order valence-electron chi connectivity index (χ4n) is 3.18. The Morgan fingerprint density at radius 3 is 2.70 bits per heavy atom. The van der Waals surface area contributed by atoms with E-state index in [1.54, 1.807) is 7.11 Å². The molecule has 2 unspecified atom stereocenters. The van der Waals surface area contributed by atoms with Crippen LogP contribution in [0.4, 0.5) is 0 Å². The van der Waals surface area contributed by atoms with Crippen LogP contribution in [-0.2, 0) is 6.42 Å². The normalized spacial score (nSPS) is 22.4. The van der Waals surface area contributed by atoms with Crippen molar-refractivity contribution in [2.45, 2.75) is 45.6 Å². The summed E-state index contributed by atoms with van der Waals surface area (Å²) in [7, 11) is 1.71. The monoisotopic (exact) mass is 339 g/mol. The molecule has 1 N–H and O–H groups in total. The third-order valence-electron chi connectivity index (χ3n) is 4.32. The fourth-order valence-corrected chi connectivity index (χ4v) is 3.77. The first kappa shape index (κ1) is 15.8. The van der Waals surface area contributed by atoms with Gasteiger partial charge in [0.1, 0.15) is 5.75 Å². The van der Waals surface area contributed by atoms with Gasteiger partial charge >= 0.3 is 0 Å². The maximum atomic E-state index is 5.30. The molecule has 1 aliphatic rings. The second-order valence-corrected chi connectivity index (χ2v) is 7.04. The van der Waals surface area contributed by atoms with E-state index in [9.17, 15) is 0 Å². The summed E-state index contributed by atoms with van der Waals surface area (Å²) in [6.07, 6.45) is 5.31. The van der Waals surface area contributed by atoms with E-state index >= 15 is 0 Å². The summed E-state index contributed by atoms with van der Waals surface area (Å²) in [5.74, 6) is 2.57. The fraction of sp³-hybridized carbons (Fsp3) is 0.647. The Morgan fingerprint density at radius 2 is 2.05 bits per heavy atom. The van der Waals surface area contributed by atoms with Gasteiger partial charge in [-0.1, -0.05) is 26.3 Å². The van der Waals surface area contributed by atoms with Crippen molar-refractivity contribution in [1.82, 2.24) is 5.32 Å². The minimum absolute atomic E-state index is 0.589. The topological polar surface area (TPSA) is 21.3 Å². The van der Waals surface area contributed by atoms with Gasteiger partial charge in [-0.05, 0) is 71.3 Å². The van der Waals surface area contributed by atoms with Crippen LogP contribution in [0.3, 0.4) is 0 Å². The Balaban J connectivity index is 1.96. The van der Waals surface area contributed by atoms with E-state index < -0.39 is 0 Å². The number of hydrogen-bond donors (Lipinski definition) is 1. The minimum atomic E-state index is 0.589. The standard InChI is InChI=1S/C17H26BrNO/c1-12(2)19-11-15-6-4-5-14(15)9-13-7-8-17(20-3)16(18)10-13/h7-8,10,12,14-15,19H,4-6,9,11H2,1-3H3. The second kappa shape index (κ2) is 7.46. The van der Waals surface area contributed by atoms with Crippen molar-refractivity contribution in [3.63, 3.8) is 0 Å². The molecule has 0 saturated heterocycles. The molecule has 0 bridgehead atoms. The van der Waals surface area contributed by atoms with Gasteiger partial charge in [-0.15, -0.1) is 0 Å². The molecule has 20 heavy (non-hydrogen) atoms. The van der Waals surface area contributed by atoms with Crippen molar-refractivity contribution in [2.75, 3.05) is 13.7 Å². The molecule has 2 rings (SSSR count). The molecule has 1 fully saturated rings. The largest absolute Gasteiger partial charge is 0.496 e. The van der Waals surface area contributed by atoms with Crippen LogP contribution in [0, 0.1) is 11.8 Å². The van der Waals surface area contributed by atoms with Gasteiger partial charge in [0.15, 0.2) is 0 Å². The maximum Gasteiger partial charge on any atom is 0.133 e. The van der Waals surface area contributed by atoms with Gasteiger partial charge in [-0.2, -0.15) is 0 Å². The number of methoxy groups -OCH3 is 1. The molecule has 0 aliphatic heterocycles. The molecule has 2 nitrogen and oxygen atoms in total. The molecular weight excluding hydrogens is 314 g/mol. The molecule has 0 amide bonds. The van der Waals surface area contributed by atoms with Gasteiger partial charge in [-0.25, -0.2) is 0 Å². The van der Waals surface area contributed by atoms with Gasteiger partial charge in [0.05, 0.1) is 11.6 Å². The Kier molecular flexibility index (Phi) is 5.91. The molecule has 1 saturated carbocycles. The van der Waals surface area contributed by atoms with Crippen molar-refractivity contribution in [3.05, 3.63) is 28.2 Å². The predicted molar refractivity (Wildman–Crippen MR) is 88.4 cm³/mol. The Hall–Kier alpha value is -0.540. The lowest BCUT2D eigenvalue weighted by Crippen LogP contribution is -2.31. The molecule has 0 heterocycles. The maximum absolute atomic E-state index is 5.30. The molecule has 1 aliphatic carbocycles. The summed E-state index contributed by atoms with van der Waals surface area (Å²) in [5, 5.41) is 3.60. The lowest BCUT2D eigenvalue weighted by atomic mass is 9.89. The summed E-state index contributed by atoms with van der Waals surface area (Å²) in [4.78, 5) is 0. The van der Waals surface area contributed by atoms with Crippen LogP contribution in [0.5, 0.6) is 5.75 Å². The van der Waals surface area contributed by atoms with Gasteiger partial charge in [0, 0.05) is 6.04 Å². The van der Waals surface area contributed by atoms with E-state index in [0.717, 1.165) is 22.1 Å². The Labute approximate surface area is 131 Å². The van der Waals surface area contributed by atoms with Crippen molar-refractivity contribution in [3.8, 4) is 5.75 Å². The quantitative estimate of drug-likeness (QED) is 0.828. The molecule has 0 aromatic heterocycles. The summed E-state index contributed by atoms with van der Waals surface area (Å²) in [6, 6.07) is 7.07. The van der Waals surface area contributed by atoms with Crippen LogP contribution in [0.1, 0.15) is 38.7 Å². The lowest BCUT2D eigenvalue weighted by molar-refractivity contribution is 0.354. The molecule has 0 radical (unpaired) electrons. The number of rotatable bonds is 6. The zero-order valence-corrected chi connectivity index (χ0v) is 14.4. The molecule has 1 aromatic rings. The van der Waals surface area contributed by atoms with Crippen molar-refractivity contribution in [2.24, 2.45) is 11.8 Å². The highest BCUT2D eigenvalue weighted by Gasteiger charge is 2.27. The first-order chi connectivity index (χ1) is 9.60. The third kappa shape index (κ3) is 4.23. The molecule has 3 heteroatoms. The average molecular weight is 340 g/mol. The highest BCUT2D eigenvalue weighted by atomic mass is 79.9. The van der Waals surface area contributed by atoms with Crippen LogP contribution in [-0.4, -0.2) is 19.7 Å². The van der Waals surface area contributed by atoms with Crippen LogP contribution in [0.15, 0.2) is 22.7 Å². The van der Waals surface area contributed by atoms with Gasteiger partial charge in [-0.3, -0.25) is 0 Å². The van der Waals surface area contributed by atoms with E-state index in [1.165, 1.54) is 37.8 Å². The number of hydrogen-bond acceptors (Lipinski definition) is 2. The van der Waals surface area contributed by atoms with E-state index in [4.69, 9.17) is 4.74 Å². The van der Waals surface area contributed by atoms with Crippen LogP contribution < -0.4 is 10.1 Å². The highest BCUT2D eigenvalue weighted by molar-refractivity contribution is 9.10. The van der Waals surface area contributed by atoms with Gasteiger partial charge in [0.25, 0.3) is 0 Å². The van der Waals surface area contributed by atoms with E-state index in [0.29, 0.717) is 6.04 Å². The highest BCUT2D eigenvalue weighted by Crippen LogP contribution is 2.35. The smallest absolute Gasteiger partial charge is 0.133 e. The van der Waals surface area contributed by atoms with E-state index in [-0.39, 0.29) is 0 Å². The van der Waals surface area contributed by atoms with Crippen molar-refractivity contribution in [1.29, 1.82) is 0 Å². The minimum Gasteiger partial charge on any atom is -0.496 e. The molecule has 2 atom stereocenters. The summed E-state index contributed by atoms with van der Waals surface area (Å²) >= 11 is 3.58. The number of nitrogens with one attached hydrogen (secondary N) is 1. The number of ether oxygens (including phenoxy) is 1. The first-order valence-corrected chi connectivity index (χ1v) is 8.45. The van der Waals surface area contributed by atoms with Crippen LogP contribution in [0.2, 0.25) is 0 Å². The summed E-state index contributed by atoms with van der Waals surface area (Å²) in [6.45, 7) is 5.62. The molecule has 112 valence electrons. The van der Waals surface area contributed by atoms with Crippen molar-refractivity contribution < 1.29 is 4.74 Å². The SMILES string of the molecule is COc1ccc(CC2CCCC2CNC(C)C)cc1Br. The van der Waals surface area contributed by atoms with Gasteiger partial charge < -0.3 is 10.1 Å². The van der Waals surface area contributed by atoms with Crippen LogP contribution >= 0.6 is 15.9 Å². The first-order valence-electron chi connectivity index (χ1n) is 7.66. The summed E-state index contributed by atoms with van der Waals surface area (Å²) < 4.78 is 6.36. The van der Waals surface area contributed by atoms with E-state index in [2.05, 4.69) is 53.3 Å². The predicted octanol–water partition coefficient (Wildman–Crippen LogP) is 4.41. The Bertz CT molecular complexity index is 433. The zero-order valence-electron chi connectivity index (χ0n) is 12.8. The molecule has 1 aromatic carbocycles. The second-order valence-electron chi connectivity index (χ2n) is 6.19. The Morgan fingerprint density at radius 1 is 1.30 bits per heavy atom. The van der Waals surface area contributed by atoms with E-state index in [1.807, 2.05) is 0 Å². The zero-order chi connectivity index (χ0) is 14.5. The lowest BCUT2D eigenvalue weighted by Gasteiger charge is -2.21. The summed E-state index contributed by atoms with van der Waals surface area (Å²) in [5.41, 5.74) is 1.42. The third-order valence-corrected chi connectivity index (χ3v) is 4.94.